The maximum Gasteiger partial charge on any atom is 0.224 e. The van der Waals surface area contributed by atoms with Crippen LogP contribution in [0.25, 0.3) is 0 Å². The van der Waals surface area contributed by atoms with Crippen molar-refractivity contribution in [1.82, 2.24) is 5.32 Å². The number of nitrogens with one attached hydrogen (secondary N) is 1. The first-order valence-corrected chi connectivity index (χ1v) is 7.83. The lowest BCUT2D eigenvalue weighted by Gasteiger charge is -2.26. The molecule has 1 amide bonds. The summed E-state index contributed by atoms with van der Waals surface area (Å²) in [6.07, 6.45) is 4.92. The van der Waals surface area contributed by atoms with Crippen molar-refractivity contribution in [2.75, 3.05) is 13.2 Å². The first-order valence-electron chi connectivity index (χ1n) is 7.83. The fraction of sp³-hybridized carbons (Fsp3) is 0.588. The summed E-state index contributed by atoms with van der Waals surface area (Å²) in [7, 11) is 0. The molecular weight excluding hydrogens is 264 g/mol. The summed E-state index contributed by atoms with van der Waals surface area (Å²) in [5.74, 6) is 0.0492. The minimum atomic E-state index is 0.0492. The molecule has 0 spiro atoms. The Bertz CT molecular complexity index is 437. The van der Waals surface area contributed by atoms with Crippen molar-refractivity contribution in [1.29, 1.82) is 0 Å². The zero-order chi connectivity index (χ0) is 15.1. The summed E-state index contributed by atoms with van der Waals surface area (Å²) >= 11 is 0. The number of amides is 1. The van der Waals surface area contributed by atoms with Gasteiger partial charge in [0.2, 0.25) is 5.91 Å². The van der Waals surface area contributed by atoms with Crippen LogP contribution in [0.15, 0.2) is 24.3 Å². The maximum atomic E-state index is 11.8. The van der Waals surface area contributed by atoms with Gasteiger partial charge in [0.25, 0.3) is 0 Å². The lowest BCUT2D eigenvalue weighted by molar-refractivity contribution is -0.120. The Kier molecular flexibility index (Phi) is 6.21. The Balaban J connectivity index is 1.58. The number of hydrogen-bond donors (Lipinski definition) is 2. The molecule has 0 aliphatic heterocycles. The minimum Gasteiger partial charge on any atom is -0.376 e. The molecule has 0 radical (unpaired) electrons. The van der Waals surface area contributed by atoms with Crippen LogP contribution in [-0.2, 0) is 16.0 Å². The van der Waals surface area contributed by atoms with E-state index in [-0.39, 0.29) is 5.91 Å². The molecular formula is C17H26N2O2. The maximum absolute atomic E-state index is 11.8. The fourth-order valence-corrected chi connectivity index (χ4v) is 2.63. The van der Waals surface area contributed by atoms with Crippen LogP contribution in [0, 0.1) is 6.92 Å². The summed E-state index contributed by atoms with van der Waals surface area (Å²) in [4.78, 5) is 11.8. The van der Waals surface area contributed by atoms with E-state index < -0.39 is 0 Å². The van der Waals surface area contributed by atoms with Gasteiger partial charge in [0.15, 0.2) is 0 Å². The highest BCUT2D eigenvalue weighted by atomic mass is 16.5. The van der Waals surface area contributed by atoms with E-state index in [2.05, 4.69) is 5.32 Å². The Morgan fingerprint density at radius 3 is 2.57 bits per heavy atom. The van der Waals surface area contributed by atoms with Crippen molar-refractivity contribution >= 4 is 5.91 Å². The quantitative estimate of drug-likeness (QED) is 0.787. The number of benzene rings is 1. The second-order valence-corrected chi connectivity index (χ2v) is 5.92. The molecule has 0 aromatic heterocycles. The molecule has 21 heavy (non-hydrogen) atoms. The molecule has 0 saturated heterocycles. The molecule has 0 unspecified atom stereocenters. The van der Waals surface area contributed by atoms with Crippen molar-refractivity contribution in [3.05, 3.63) is 35.4 Å². The first-order chi connectivity index (χ1) is 10.1. The predicted octanol–water partition coefficient (Wildman–Crippen LogP) is 1.94. The number of rotatable bonds is 6. The zero-order valence-electron chi connectivity index (χ0n) is 12.8. The average Bonchev–Trinajstić information content (AvgIpc) is 2.48. The van der Waals surface area contributed by atoms with Gasteiger partial charge in [-0.25, -0.2) is 0 Å². The van der Waals surface area contributed by atoms with Crippen molar-refractivity contribution in [3.63, 3.8) is 0 Å². The predicted molar refractivity (Wildman–Crippen MR) is 84.1 cm³/mol. The molecule has 0 bridgehead atoms. The van der Waals surface area contributed by atoms with Crippen LogP contribution in [-0.4, -0.2) is 31.2 Å². The highest BCUT2D eigenvalue weighted by molar-refractivity contribution is 5.78. The van der Waals surface area contributed by atoms with Gasteiger partial charge < -0.3 is 15.8 Å². The molecule has 1 aliphatic rings. The molecule has 4 nitrogen and oxygen atoms in total. The Hall–Kier alpha value is -1.39. The average molecular weight is 290 g/mol. The number of ether oxygens (including phenoxy) is 1. The molecule has 116 valence electrons. The van der Waals surface area contributed by atoms with Crippen LogP contribution in [0.1, 0.15) is 36.8 Å². The molecule has 1 aromatic rings. The number of hydrogen-bond acceptors (Lipinski definition) is 3. The number of carbonyl (C=O) groups is 1. The highest BCUT2D eigenvalue weighted by Gasteiger charge is 2.18. The van der Waals surface area contributed by atoms with E-state index in [4.69, 9.17) is 10.5 Å². The van der Waals surface area contributed by atoms with Gasteiger partial charge in [0.05, 0.1) is 19.1 Å². The summed E-state index contributed by atoms with van der Waals surface area (Å²) in [5.41, 5.74) is 8.11. The second-order valence-electron chi connectivity index (χ2n) is 5.92. The summed E-state index contributed by atoms with van der Waals surface area (Å²) in [6.45, 7) is 3.20. The van der Waals surface area contributed by atoms with Crippen LogP contribution in [0.5, 0.6) is 0 Å². The lowest BCUT2D eigenvalue weighted by atomic mass is 9.94. The second kappa shape index (κ2) is 8.15. The van der Waals surface area contributed by atoms with Gasteiger partial charge in [0, 0.05) is 12.6 Å². The van der Waals surface area contributed by atoms with Crippen molar-refractivity contribution < 1.29 is 9.53 Å². The van der Waals surface area contributed by atoms with E-state index in [1.807, 2.05) is 31.2 Å². The summed E-state index contributed by atoms with van der Waals surface area (Å²) in [5, 5.41) is 2.91. The van der Waals surface area contributed by atoms with Crippen LogP contribution in [0.3, 0.4) is 0 Å². The molecule has 0 heterocycles. The van der Waals surface area contributed by atoms with Gasteiger partial charge >= 0.3 is 0 Å². The molecule has 3 N–H and O–H groups in total. The highest BCUT2D eigenvalue weighted by Crippen LogP contribution is 2.19. The van der Waals surface area contributed by atoms with Crippen LogP contribution in [0.4, 0.5) is 0 Å². The molecule has 1 aromatic carbocycles. The van der Waals surface area contributed by atoms with E-state index in [0.29, 0.717) is 31.7 Å². The normalized spacial score (nSPS) is 22.0. The van der Waals surface area contributed by atoms with Crippen LogP contribution < -0.4 is 11.1 Å². The van der Waals surface area contributed by atoms with Gasteiger partial charge in [0.1, 0.15) is 0 Å². The van der Waals surface area contributed by atoms with E-state index in [1.165, 1.54) is 5.56 Å². The Labute approximate surface area is 127 Å². The third-order valence-electron chi connectivity index (χ3n) is 3.98. The molecule has 2 rings (SSSR count). The fourth-order valence-electron chi connectivity index (χ4n) is 2.63. The molecule has 1 fully saturated rings. The van der Waals surface area contributed by atoms with E-state index in [9.17, 15) is 4.79 Å². The SMILES string of the molecule is Cc1ccc(CC(=O)NCCOC2CCC(N)CC2)cc1. The third-order valence-corrected chi connectivity index (χ3v) is 3.98. The number of carbonyl (C=O) groups excluding carboxylic acids is 1. The van der Waals surface area contributed by atoms with Gasteiger partial charge in [-0.3, -0.25) is 4.79 Å². The Morgan fingerprint density at radius 1 is 1.24 bits per heavy atom. The zero-order valence-corrected chi connectivity index (χ0v) is 12.8. The van der Waals surface area contributed by atoms with E-state index in [1.54, 1.807) is 0 Å². The van der Waals surface area contributed by atoms with Gasteiger partial charge in [-0.05, 0) is 38.2 Å². The van der Waals surface area contributed by atoms with Crippen LogP contribution in [0.2, 0.25) is 0 Å². The minimum absolute atomic E-state index is 0.0492. The van der Waals surface area contributed by atoms with Gasteiger partial charge in [-0.15, -0.1) is 0 Å². The van der Waals surface area contributed by atoms with Crippen molar-refractivity contribution in [3.8, 4) is 0 Å². The van der Waals surface area contributed by atoms with Crippen molar-refractivity contribution in [2.24, 2.45) is 5.73 Å². The standard InChI is InChI=1S/C17H26N2O2/c1-13-2-4-14(5-3-13)12-17(20)19-10-11-21-16-8-6-15(18)7-9-16/h2-5,15-16H,6-12,18H2,1H3,(H,19,20). The monoisotopic (exact) mass is 290 g/mol. The smallest absolute Gasteiger partial charge is 0.224 e. The van der Waals surface area contributed by atoms with E-state index >= 15 is 0 Å². The largest absolute Gasteiger partial charge is 0.376 e. The Morgan fingerprint density at radius 2 is 1.90 bits per heavy atom. The molecule has 0 atom stereocenters. The van der Waals surface area contributed by atoms with Crippen molar-refractivity contribution in [2.45, 2.75) is 51.2 Å². The van der Waals surface area contributed by atoms with E-state index in [0.717, 1.165) is 31.2 Å². The number of nitrogens with two attached hydrogens (primary N) is 1. The van der Waals surface area contributed by atoms with Gasteiger partial charge in [-0.1, -0.05) is 29.8 Å². The summed E-state index contributed by atoms with van der Waals surface area (Å²) in [6, 6.07) is 8.39. The first kappa shape index (κ1) is 16.0. The molecule has 4 heteroatoms. The summed E-state index contributed by atoms with van der Waals surface area (Å²) < 4.78 is 5.78. The lowest BCUT2D eigenvalue weighted by Crippen LogP contribution is -2.33. The molecule has 1 aliphatic carbocycles. The number of aryl methyl sites for hydroxylation is 1. The third kappa shape index (κ3) is 5.86. The topological polar surface area (TPSA) is 64.3 Å². The van der Waals surface area contributed by atoms with Gasteiger partial charge in [-0.2, -0.15) is 0 Å². The molecule has 1 saturated carbocycles. The van der Waals surface area contributed by atoms with Crippen LogP contribution >= 0.6 is 0 Å².